The molecule has 0 aliphatic heterocycles. The van der Waals surface area contributed by atoms with Gasteiger partial charge in [-0.05, 0) is 31.4 Å². The predicted molar refractivity (Wildman–Crippen MR) is 104 cm³/mol. The van der Waals surface area contributed by atoms with Gasteiger partial charge >= 0.3 is 0 Å². The van der Waals surface area contributed by atoms with Crippen LogP contribution in [0, 0.1) is 17.8 Å². The molecule has 1 aromatic carbocycles. The molecule has 0 radical (unpaired) electrons. The largest absolute Gasteiger partial charge is 0.395 e. The maximum atomic E-state index is 13.0. The van der Waals surface area contributed by atoms with Crippen LogP contribution in [-0.2, 0) is 10.4 Å². The summed E-state index contributed by atoms with van der Waals surface area (Å²) in [7, 11) is 1.90. The Balaban J connectivity index is 2.03. The Hall–Kier alpha value is -1.67. The fourth-order valence-corrected chi connectivity index (χ4v) is 3.73. The van der Waals surface area contributed by atoms with Crippen LogP contribution in [0.4, 0.5) is 0 Å². The zero-order valence-corrected chi connectivity index (χ0v) is 15.8. The summed E-state index contributed by atoms with van der Waals surface area (Å²) >= 11 is 0. The van der Waals surface area contributed by atoms with Gasteiger partial charge in [0.1, 0.15) is 0 Å². The Morgan fingerprint density at radius 3 is 2.54 bits per heavy atom. The average Bonchev–Trinajstić information content (AvgIpc) is 2.68. The molecule has 0 amide bonds. The number of nitrogens with zero attached hydrogens (tertiary/aromatic N) is 1. The molecule has 0 heterocycles. The normalized spacial score (nSPS) is 17.4. The average molecular weight is 357 g/mol. The van der Waals surface area contributed by atoms with Crippen LogP contribution < -0.4 is 0 Å². The molecule has 1 aliphatic rings. The quantitative estimate of drug-likeness (QED) is 0.703. The van der Waals surface area contributed by atoms with Gasteiger partial charge in [-0.3, -0.25) is 9.69 Å². The minimum Gasteiger partial charge on any atom is -0.395 e. The van der Waals surface area contributed by atoms with E-state index in [-0.39, 0.29) is 24.7 Å². The maximum Gasteiger partial charge on any atom is 0.170 e. The highest BCUT2D eigenvalue weighted by Crippen LogP contribution is 2.40. The lowest BCUT2D eigenvalue weighted by Crippen LogP contribution is -2.44. The highest BCUT2D eigenvalue weighted by Gasteiger charge is 2.44. The van der Waals surface area contributed by atoms with Crippen molar-refractivity contribution in [2.45, 2.75) is 50.5 Å². The number of hydrogen-bond acceptors (Lipinski definition) is 4. The molecular formula is C22H31NO3. The lowest BCUT2D eigenvalue weighted by Gasteiger charge is -2.37. The molecule has 0 aromatic heterocycles. The molecule has 2 N–H and O–H groups in total. The Morgan fingerprint density at radius 1 is 1.19 bits per heavy atom. The molecule has 1 aliphatic carbocycles. The standard InChI is InChI=1S/C22H31NO3/c1-23(17-18-24)16-10-4-9-15-21(25)22(26,19-11-5-2-6-12-19)20-13-7-3-8-14-20/h2,5-6,11-12,20,24,26H,3,7-9,13-18H2,1H3. The van der Waals surface area contributed by atoms with Gasteiger partial charge in [0, 0.05) is 19.4 Å². The molecule has 0 bridgehead atoms. The molecule has 4 heteroatoms. The molecule has 0 saturated heterocycles. The third kappa shape index (κ3) is 5.41. The van der Waals surface area contributed by atoms with Crippen molar-refractivity contribution in [3.63, 3.8) is 0 Å². The summed E-state index contributed by atoms with van der Waals surface area (Å²) in [5.41, 5.74) is -0.677. The summed E-state index contributed by atoms with van der Waals surface area (Å²) in [5.74, 6) is 5.93. The number of aliphatic hydroxyl groups excluding tert-OH is 1. The van der Waals surface area contributed by atoms with Gasteiger partial charge in [0.25, 0.3) is 0 Å². The molecule has 0 spiro atoms. The van der Waals surface area contributed by atoms with Crippen molar-refractivity contribution in [1.82, 2.24) is 4.90 Å². The Bertz CT molecular complexity index is 613. The van der Waals surface area contributed by atoms with Gasteiger partial charge in [0.05, 0.1) is 13.2 Å². The van der Waals surface area contributed by atoms with Crippen LogP contribution in [0.3, 0.4) is 0 Å². The van der Waals surface area contributed by atoms with Crippen molar-refractivity contribution in [1.29, 1.82) is 0 Å². The van der Waals surface area contributed by atoms with Gasteiger partial charge in [0.2, 0.25) is 0 Å². The predicted octanol–water partition coefficient (Wildman–Crippen LogP) is 2.73. The number of carbonyl (C=O) groups is 1. The molecule has 2 rings (SSSR count). The second-order valence-corrected chi connectivity index (χ2v) is 7.21. The second-order valence-electron chi connectivity index (χ2n) is 7.21. The minimum atomic E-state index is -1.39. The summed E-state index contributed by atoms with van der Waals surface area (Å²) in [6.07, 6.45) is 5.84. The first-order chi connectivity index (χ1) is 12.6. The van der Waals surface area contributed by atoms with Gasteiger partial charge < -0.3 is 10.2 Å². The van der Waals surface area contributed by atoms with Gasteiger partial charge in [-0.2, -0.15) is 0 Å². The van der Waals surface area contributed by atoms with Gasteiger partial charge in [0.15, 0.2) is 11.4 Å². The number of benzene rings is 1. The van der Waals surface area contributed by atoms with E-state index < -0.39 is 5.60 Å². The van der Waals surface area contributed by atoms with Crippen molar-refractivity contribution in [2.75, 3.05) is 26.7 Å². The van der Waals surface area contributed by atoms with Gasteiger partial charge in [-0.25, -0.2) is 0 Å². The van der Waals surface area contributed by atoms with Crippen molar-refractivity contribution in [2.24, 2.45) is 5.92 Å². The van der Waals surface area contributed by atoms with E-state index in [1.54, 1.807) is 0 Å². The molecule has 1 unspecified atom stereocenters. The summed E-state index contributed by atoms with van der Waals surface area (Å²) in [4.78, 5) is 14.9. The van der Waals surface area contributed by atoms with Crippen LogP contribution >= 0.6 is 0 Å². The monoisotopic (exact) mass is 357 g/mol. The first kappa shape index (κ1) is 20.6. The molecular weight excluding hydrogens is 326 g/mol. The highest BCUT2D eigenvalue weighted by molar-refractivity contribution is 5.88. The summed E-state index contributed by atoms with van der Waals surface area (Å²) in [6, 6.07) is 9.40. The minimum absolute atomic E-state index is 0.00482. The van der Waals surface area contributed by atoms with E-state index >= 15 is 0 Å². The summed E-state index contributed by atoms with van der Waals surface area (Å²) in [6.45, 7) is 1.27. The number of hydrogen-bond donors (Lipinski definition) is 2. The number of ketones is 1. The van der Waals surface area contributed by atoms with Gasteiger partial charge in [-0.15, -0.1) is 5.92 Å². The fourth-order valence-electron chi connectivity index (χ4n) is 3.73. The van der Waals surface area contributed by atoms with E-state index in [0.717, 1.165) is 25.7 Å². The Morgan fingerprint density at radius 2 is 1.88 bits per heavy atom. The molecule has 1 fully saturated rings. The maximum absolute atomic E-state index is 13.0. The van der Waals surface area contributed by atoms with E-state index in [1.165, 1.54) is 6.42 Å². The molecule has 4 nitrogen and oxygen atoms in total. The van der Waals surface area contributed by atoms with E-state index in [0.29, 0.717) is 25.1 Å². The summed E-state index contributed by atoms with van der Waals surface area (Å²) < 4.78 is 0. The third-order valence-electron chi connectivity index (χ3n) is 5.27. The van der Waals surface area contributed by atoms with Crippen molar-refractivity contribution in [3.8, 4) is 11.8 Å². The highest BCUT2D eigenvalue weighted by atomic mass is 16.3. The van der Waals surface area contributed by atoms with E-state index in [2.05, 4.69) is 11.8 Å². The van der Waals surface area contributed by atoms with Crippen LogP contribution in [0.1, 0.15) is 50.5 Å². The molecule has 1 saturated carbocycles. The fraction of sp³-hybridized carbons (Fsp3) is 0.591. The van der Waals surface area contributed by atoms with Crippen LogP contribution in [0.2, 0.25) is 0 Å². The number of carbonyl (C=O) groups excluding carboxylic acids is 1. The number of likely N-dealkylation sites (N-methyl/N-ethyl adjacent to an activating group) is 1. The van der Waals surface area contributed by atoms with Crippen molar-refractivity contribution < 1.29 is 15.0 Å². The van der Waals surface area contributed by atoms with Crippen LogP contribution in [0.25, 0.3) is 0 Å². The van der Waals surface area contributed by atoms with E-state index in [4.69, 9.17) is 5.11 Å². The smallest absolute Gasteiger partial charge is 0.170 e. The van der Waals surface area contributed by atoms with E-state index in [1.807, 2.05) is 42.3 Å². The molecule has 26 heavy (non-hydrogen) atoms. The zero-order chi connectivity index (χ0) is 18.8. The molecule has 1 atom stereocenters. The lowest BCUT2D eigenvalue weighted by molar-refractivity contribution is -0.146. The first-order valence-corrected chi connectivity index (χ1v) is 9.65. The van der Waals surface area contributed by atoms with Crippen LogP contribution in [-0.4, -0.2) is 47.6 Å². The van der Waals surface area contributed by atoms with Crippen molar-refractivity contribution >= 4 is 5.78 Å². The molecule has 142 valence electrons. The topological polar surface area (TPSA) is 60.8 Å². The first-order valence-electron chi connectivity index (χ1n) is 9.65. The lowest BCUT2D eigenvalue weighted by atomic mass is 9.70. The van der Waals surface area contributed by atoms with Crippen LogP contribution in [0.5, 0.6) is 0 Å². The van der Waals surface area contributed by atoms with Crippen LogP contribution in [0.15, 0.2) is 30.3 Å². The van der Waals surface area contributed by atoms with Crippen molar-refractivity contribution in [3.05, 3.63) is 35.9 Å². The number of Topliss-reactive ketones (excluding diaryl/α,β-unsaturated/α-hetero) is 1. The number of aliphatic hydroxyl groups is 2. The Labute approximate surface area is 157 Å². The summed E-state index contributed by atoms with van der Waals surface area (Å²) in [5, 5.41) is 20.3. The van der Waals surface area contributed by atoms with E-state index in [9.17, 15) is 9.90 Å². The Kier molecular flexibility index (Phi) is 8.31. The number of rotatable bonds is 8. The second kappa shape index (κ2) is 10.5. The third-order valence-corrected chi connectivity index (χ3v) is 5.27. The molecule has 1 aromatic rings. The van der Waals surface area contributed by atoms with Gasteiger partial charge in [-0.1, -0.05) is 55.5 Å². The zero-order valence-electron chi connectivity index (χ0n) is 15.8. The SMILES string of the molecule is CN(CC#CCCC(=O)C(O)(c1ccccc1)C1CCCCC1)CCO.